The van der Waals surface area contributed by atoms with Gasteiger partial charge in [-0.1, -0.05) is 0 Å². The second-order valence-electron chi connectivity index (χ2n) is 4.76. The lowest BCUT2D eigenvalue weighted by atomic mass is 10.1. The Kier molecular flexibility index (Phi) is 1.99. The minimum atomic E-state index is 0.515. The summed E-state index contributed by atoms with van der Waals surface area (Å²) in [6, 6.07) is 3.17. The first kappa shape index (κ1) is 9.21. The van der Waals surface area contributed by atoms with Crippen LogP contribution in [0.3, 0.4) is 0 Å². The third kappa shape index (κ3) is 1.35. The zero-order valence-electron chi connectivity index (χ0n) is 9.19. The Morgan fingerprint density at radius 2 is 2.20 bits per heavy atom. The molecule has 82 valence electrons. The number of hydrogen-bond donors (Lipinski definition) is 1. The van der Waals surface area contributed by atoms with Crippen LogP contribution in [0.2, 0.25) is 0 Å². The molecular formula is C11H18N4. The molecule has 2 N–H and O–H groups in total. The van der Waals surface area contributed by atoms with E-state index in [9.17, 15) is 0 Å². The fraction of sp³-hybridized carbons (Fsp3) is 0.727. The molecule has 4 nitrogen and oxygen atoms in total. The van der Waals surface area contributed by atoms with Crippen LogP contribution in [-0.4, -0.2) is 33.8 Å². The van der Waals surface area contributed by atoms with Crippen LogP contribution in [0.4, 0.5) is 5.82 Å². The van der Waals surface area contributed by atoms with Crippen LogP contribution < -0.4 is 5.73 Å². The Morgan fingerprint density at radius 1 is 1.33 bits per heavy atom. The lowest BCUT2D eigenvalue weighted by Gasteiger charge is -2.21. The molecular weight excluding hydrogens is 188 g/mol. The molecule has 2 fully saturated rings. The summed E-state index contributed by atoms with van der Waals surface area (Å²) in [5.41, 5.74) is 7.02. The van der Waals surface area contributed by atoms with E-state index >= 15 is 0 Å². The second-order valence-corrected chi connectivity index (χ2v) is 4.76. The van der Waals surface area contributed by atoms with E-state index in [0.717, 1.165) is 11.5 Å². The van der Waals surface area contributed by atoms with E-state index in [2.05, 4.69) is 10.00 Å². The summed E-state index contributed by atoms with van der Waals surface area (Å²) in [6.45, 7) is 4.49. The molecule has 2 saturated heterocycles. The molecule has 0 radical (unpaired) electrons. The molecule has 2 atom stereocenters. The van der Waals surface area contributed by atoms with Gasteiger partial charge < -0.3 is 5.73 Å². The summed E-state index contributed by atoms with van der Waals surface area (Å²) in [7, 11) is 0. The third-order valence-corrected chi connectivity index (χ3v) is 3.77. The first-order valence-corrected chi connectivity index (χ1v) is 5.81. The SMILES string of the molecule is Cc1cc(N)n(C2CCN3CCCC23)n1. The summed E-state index contributed by atoms with van der Waals surface area (Å²) < 4.78 is 2.05. The van der Waals surface area contributed by atoms with Gasteiger partial charge in [-0.15, -0.1) is 0 Å². The zero-order chi connectivity index (χ0) is 10.4. The highest BCUT2D eigenvalue weighted by Gasteiger charge is 2.39. The summed E-state index contributed by atoms with van der Waals surface area (Å²) in [6.07, 6.45) is 3.85. The monoisotopic (exact) mass is 206 g/mol. The predicted molar refractivity (Wildman–Crippen MR) is 59.6 cm³/mol. The predicted octanol–water partition coefficient (Wildman–Crippen LogP) is 1.18. The lowest BCUT2D eigenvalue weighted by molar-refractivity contribution is 0.283. The van der Waals surface area contributed by atoms with Crippen LogP contribution in [0.1, 0.15) is 31.0 Å². The first-order valence-electron chi connectivity index (χ1n) is 5.81. The fourth-order valence-corrected chi connectivity index (χ4v) is 3.14. The van der Waals surface area contributed by atoms with E-state index in [1.165, 1.54) is 32.4 Å². The van der Waals surface area contributed by atoms with Crippen molar-refractivity contribution in [2.24, 2.45) is 0 Å². The average molecular weight is 206 g/mol. The van der Waals surface area contributed by atoms with Crippen LogP contribution >= 0.6 is 0 Å². The molecule has 15 heavy (non-hydrogen) atoms. The smallest absolute Gasteiger partial charge is 0.122 e. The number of nitrogens with zero attached hydrogens (tertiary/aromatic N) is 3. The van der Waals surface area contributed by atoms with Crippen molar-refractivity contribution in [1.29, 1.82) is 0 Å². The Morgan fingerprint density at radius 3 is 2.93 bits per heavy atom. The molecule has 0 aliphatic carbocycles. The number of aryl methyl sites for hydroxylation is 1. The number of fused-ring (bicyclic) bond motifs is 1. The van der Waals surface area contributed by atoms with Gasteiger partial charge >= 0.3 is 0 Å². The Balaban J connectivity index is 1.91. The maximum atomic E-state index is 5.99. The molecule has 0 saturated carbocycles. The van der Waals surface area contributed by atoms with Crippen molar-refractivity contribution >= 4 is 5.82 Å². The van der Waals surface area contributed by atoms with Crippen molar-refractivity contribution in [3.8, 4) is 0 Å². The van der Waals surface area contributed by atoms with Crippen molar-refractivity contribution in [3.05, 3.63) is 11.8 Å². The molecule has 1 aromatic heterocycles. The highest BCUT2D eigenvalue weighted by atomic mass is 15.4. The Hall–Kier alpha value is -1.03. The molecule has 0 spiro atoms. The van der Waals surface area contributed by atoms with Gasteiger partial charge in [-0.05, 0) is 32.7 Å². The number of nitrogens with two attached hydrogens (primary N) is 1. The van der Waals surface area contributed by atoms with Crippen molar-refractivity contribution in [2.45, 2.75) is 38.3 Å². The van der Waals surface area contributed by atoms with E-state index in [1.54, 1.807) is 0 Å². The molecule has 2 unspecified atom stereocenters. The highest BCUT2D eigenvalue weighted by Crippen LogP contribution is 2.36. The standard InChI is InChI=1S/C11H18N4/c1-8-7-11(12)15(13-8)10-4-6-14-5-2-3-9(10)14/h7,9-10H,2-6,12H2,1H3. The number of aromatic nitrogens is 2. The van der Waals surface area contributed by atoms with Crippen LogP contribution in [0.5, 0.6) is 0 Å². The molecule has 2 aliphatic heterocycles. The average Bonchev–Trinajstić information content (AvgIpc) is 2.80. The van der Waals surface area contributed by atoms with Crippen LogP contribution in [0.15, 0.2) is 6.07 Å². The van der Waals surface area contributed by atoms with Gasteiger partial charge in [0, 0.05) is 18.7 Å². The van der Waals surface area contributed by atoms with E-state index in [1.807, 2.05) is 17.7 Å². The van der Waals surface area contributed by atoms with Crippen LogP contribution in [-0.2, 0) is 0 Å². The van der Waals surface area contributed by atoms with Crippen molar-refractivity contribution < 1.29 is 0 Å². The molecule has 1 aromatic rings. The number of rotatable bonds is 1. The lowest BCUT2D eigenvalue weighted by Crippen LogP contribution is -2.28. The molecule has 3 rings (SSSR count). The topological polar surface area (TPSA) is 47.1 Å². The van der Waals surface area contributed by atoms with Gasteiger partial charge in [-0.25, -0.2) is 4.68 Å². The van der Waals surface area contributed by atoms with Gasteiger partial charge in [-0.2, -0.15) is 5.10 Å². The number of anilines is 1. The molecule has 2 aliphatic rings. The quantitative estimate of drug-likeness (QED) is 0.750. The van der Waals surface area contributed by atoms with Gasteiger partial charge in [0.15, 0.2) is 0 Å². The van der Waals surface area contributed by atoms with Gasteiger partial charge in [0.25, 0.3) is 0 Å². The summed E-state index contributed by atoms with van der Waals surface area (Å²) in [5.74, 6) is 0.825. The molecule has 4 heteroatoms. The van der Waals surface area contributed by atoms with E-state index in [4.69, 9.17) is 5.73 Å². The van der Waals surface area contributed by atoms with Gasteiger partial charge in [0.2, 0.25) is 0 Å². The van der Waals surface area contributed by atoms with E-state index in [0.29, 0.717) is 12.1 Å². The molecule has 0 amide bonds. The molecule has 3 heterocycles. The number of nitrogen functional groups attached to an aromatic ring is 1. The second kappa shape index (κ2) is 3.23. The first-order chi connectivity index (χ1) is 7.25. The minimum absolute atomic E-state index is 0.515. The summed E-state index contributed by atoms with van der Waals surface area (Å²) >= 11 is 0. The van der Waals surface area contributed by atoms with E-state index in [-0.39, 0.29) is 0 Å². The molecule has 0 bridgehead atoms. The maximum Gasteiger partial charge on any atom is 0.122 e. The highest BCUT2D eigenvalue weighted by molar-refractivity contribution is 5.31. The largest absolute Gasteiger partial charge is 0.384 e. The van der Waals surface area contributed by atoms with Crippen LogP contribution in [0.25, 0.3) is 0 Å². The van der Waals surface area contributed by atoms with Crippen molar-refractivity contribution in [3.63, 3.8) is 0 Å². The van der Waals surface area contributed by atoms with Crippen LogP contribution in [0, 0.1) is 6.92 Å². The minimum Gasteiger partial charge on any atom is -0.384 e. The summed E-state index contributed by atoms with van der Waals surface area (Å²) in [5, 5.41) is 4.52. The van der Waals surface area contributed by atoms with Gasteiger partial charge in [0.1, 0.15) is 5.82 Å². The molecule has 0 aromatic carbocycles. The zero-order valence-corrected chi connectivity index (χ0v) is 9.19. The third-order valence-electron chi connectivity index (χ3n) is 3.77. The Bertz CT molecular complexity index is 371. The van der Waals surface area contributed by atoms with Gasteiger partial charge in [0.05, 0.1) is 11.7 Å². The van der Waals surface area contributed by atoms with Crippen molar-refractivity contribution in [2.75, 3.05) is 18.8 Å². The summed E-state index contributed by atoms with van der Waals surface area (Å²) in [4.78, 5) is 2.58. The van der Waals surface area contributed by atoms with E-state index < -0.39 is 0 Å². The fourth-order valence-electron chi connectivity index (χ4n) is 3.14. The van der Waals surface area contributed by atoms with Crippen molar-refractivity contribution in [1.82, 2.24) is 14.7 Å². The van der Waals surface area contributed by atoms with Gasteiger partial charge in [-0.3, -0.25) is 4.90 Å². The normalized spacial score (nSPS) is 31.0. The maximum absolute atomic E-state index is 5.99. The Labute approximate surface area is 90.0 Å². The number of hydrogen-bond acceptors (Lipinski definition) is 3.